The molecule has 0 aliphatic heterocycles. The molecular weight excluding hydrogens is 447 g/mol. The molecule has 2 heteroatoms. The van der Waals surface area contributed by atoms with Crippen molar-refractivity contribution in [3.8, 4) is 22.3 Å². The number of hydrogen-bond donors (Lipinski definition) is 0. The van der Waals surface area contributed by atoms with Crippen LogP contribution in [0.3, 0.4) is 0 Å². The zero-order chi connectivity index (χ0) is 17.5. The number of benzene rings is 4. The zero-order valence-corrected chi connectivity index (χ0v) is 16.9. The molecule has 0 fully saturated rings. The first-order valence-corrected chi connectivity index (χ1v) is 10.5. The molecule has 0 N–H and O–H groups in total. The molecule has 4 aromatic carbocycles. The van der Waals surface area contributed by atoms with Crippen LogP contribution in [0.5, 0.6) is 0 Å². The second-order valence-corrected chi connectivity index (χ2v) is 8.44. The summed E-state index contributed by atoms with van der Waals surface area (Å²) in [6.07, 6.45) is 0. The van der Waals surface area contributed by atoms with E-state index in [0.29, 0.717) is 0 Å². The van der Waals surface area contributed by atoms with Crippen molar-refractivity contribution in [3.05, 3.63) is 94.6 Å². The highest BCUT2D eigenvalue weighted by Crippen LogP contribution is 2.42. The summed E-state index contributed by atoms with van der Waals surface area (Å²) in [5, 5.41) is 2.70. The van der Waals surface area contributed by atoms with Gasteiger partial charge in [0.2, 0.25) is 0 Å². The summed E-state index contributed by atoms with van der Waals surface area (Å²) in [4.78, 5) is 0. The van der Waals surface area contributed by atoms with E-state index in [0.717, 1.165) is 0 Å². The summed E-state index contributed by atoms with van der Waals surface area (Å²) < 4.78 is 4.03. The van der Waals surface area contributed by atoms with Crippen LogP contribution in [0.15, 0.2) is 91.0 Å². The monoisotopic (exact) mass is 462 g/mol. The summed E-state index contributed by atoms with van der Waals surface area (Å²) >= 11 is 4.39. The minimum absolute atomic E-state index is 1.27. The molecule has 0 saturated heterocycles. The lowest BCUT2D eigenvalue weighted by Crippen LogP contribution is -1.88. The van der Waals surface area contributed by atoms with Crippen LogP contribution in [0.25, 0.3) is 42.4 Å². The Labute approximate surface area is 170 Å². The van der Waals surface area contributed by atoms with Gasteiger partial charge in [-0.05, 0) is 45.3 Å². The molecule has 0 radical (unpaired) electrons. The van der Waals surface area contributed by atoms with E-state index in [4.69, 9.17) is 0 Å². The fourth-order valence-electron chi connectivity index (χ4n) is 3.54. The first-order valence-electron chi connectivity index (χ1n) is 8.57. The van der Waals surface area contributed by atoms with Crippen LogP contribution in [0.1, 0.15) is 0 Å². The molecule has 124 valence electrons. The lowest BCUT2D eigenvalue weighted by Gasteiger charge is -2.11. The highest BCUT2D eigenvalue weighted by molar-refractivity contribution is 14.1. The standard InChI is InChI=1S/C24H15IS/c25-23-17(16-8-2-1-3-9-16)11-6-12-19(23)21-14-7-13-20-18-10-4-5-15-22(18)26-24(20)21/h1-15H. The van der Waals surface area contributed by atoms with E-state index in [9.17, 15) is 0 Å². The van der Waals surface area contributed by atoms with Crippen molar-refractivity contribution < 1.29 is 0 Å². The van der Waals surface area contributed by atoms with Crippen molar-refractivity contribution in [3.63, 3.8) is 0 Å². The third-order valence-corrected chi connectivity index (χ3v) is 7.16. The fraction of sp³-hybridized carbons (Fsp3) is 0. The minimum Gasteiger partial charge on any atom is -0.135 e. The lowest BCUT2D eigenvalue weighted by molar-refractivity contribution is 1.57. The SMILES string of the molecule is Ic1c(-c2ccccc2)cccc1-c1cccc2c1sc1ccccc12. The molecule has 0 bridgehead atoms. The molecule has 1 heterocycles. The molecule has 1 aromatic heterocycles. The van der Waals surface area contributed by atoms with Crippen LogP contribution in [0.4, 0.5) is 0 Å². The molecule has 0 amide bonds. The second kappa shape index (κ2) is 6.53. The lowest BCUT2D eigenvalue weighted by atomic mass is 9.98. The van der Waals surface area contributed by atoms with Gasteiger partial charge in [0.15, 0.2) is 0 Å². The van der Waals surface area contributed by atoms with E-state index in [1.54, 1.807) is 0 Å². The van der Waals surface area contributed by atoms with Crippen LogP contribution in [0, 0.1) is 3.57 Å². The van der Waals surface area contributed by atoms with Crippen molar-refractivity contribution in [2.75, 3.05) is 0 Å². The highest BCUT2D eigenvalue weighted by Gasteiger charge is 2.14. The van der Waals surface area contributed by atoms with Crippen LogP contribution in [0.2, 0.25) is 0 Å². The zero-order valence-electron chi connectivity index (χ0n) is 13.9. The third kappa shape index (κ3) is 2.56. The van der Waals surface area contributed by atoms with Gasteiger partial charge in [-0.2, -0.15) is 0 Å². The average Bonchev–Trinajstić information content (AvgIpc) is 3.08. The molecular formula is C24H15IS. The van der Waals surface area contributed by atoms with Gasteiger partial charge in [-0.15, -0.1) is 11.3 Å². The van der Waals surface area contributed by atoms with E-state index in [1.165, 1.54) is 46.0 Å². The Hall–Kier alpha value is -2.17. The minimum atomic E-state index is 1.27. The third-order valence-electron chi connectivity index (χ3n) is 4.78. The maximum atomic E-state index is 2.50. The Bertz CT molecular complexity index is 1240. The molecule has 0 aliphatic carbocycles. The molecule has 5 rings (SSSR count). The first-order chi connectivity index (χ1) is 12.8. The Kier molecular flexibility index (Phi) is 4.03. The van der Waals surface area contributed by atoms with Gasteiger partial charge in [0.1, 0.15) is 0 Å². The Morgan fingerprint density at radius 2 is 1.19 bits per heavy atom. The van der Waals surface area contributed by atoms with Gasteiger partial charge in [0.25, 0.3) is 0 Å². The Morgan fingerprint density at radius 1 is 0.538 bits per heavy atom. The van der Waals surface area contributed by atoms with E-state index in [1.807, 2.05) is 11.3 Å². The van der Waals surface area contributed by atoms with Crippen molar-refractivity contribution in [1.82, 2.24) is 0 Å². The quantitative estimate of drug-likeness (QED) is 0.233. The summed E-state index contributed by atoms with van der Waals surface area (Å²) in [7, 11) is 0. The molecule has 26 heavy (non-hydrogen) atoms. The normalized spacial score (nSPS) is 11.3. The van der Waals surface area contributed by atoms with Gasteiger partial charge in [0.05, 0.1) is 0 Å². The highest BCUT2D eigenvalue weighted by atomic mass is 127. The van der Waals surface area contributed by atoms with Gasteiger partial charge >= 0.3 is 0 Å². The van der Waals surface area contributed by atoms with E-state index >= 15 is 0 Å². The van der Waals surface area contributed by atoms with Crippen molar-refractivity contribution >= 4 is 54.1 Å². The molecule has 0 nitrogen and oxygen atoms in total. The van der Waals surface area contributed by atoms with Crippen LogP contribution < -0.4 is 0 Å². The smallest absolute Gasteiger partial charge is 0.0434 e. The summed E-state index contributed by atoms with van der Waals surface area (Å²) in [5.74, 6) is 0. The number of fused-ring (bicyclic) bond motifs is 3. The molecule has 0 atom stereocenters. The number of halogens is 1. The Morgan fingerprint density at radius 3 is 2.08 bits per heavy atom. The van der Waals surface area contributed by atoms with Crippen LogP contribution in [-0.2, 0) is 0 Å². The molecule has 0 unspecified atom stereocenters. The van der Waals surface area contributed by atoms with Crippen LogP contribution in [-0.4, -0.2) is 0 Å². The largest absolute Gasteiger partial charge is 0.135 e. The second-order valence-electron chi connectivity index (χ2n) is 6.31. The summed E-state index contributed by atoms with van der Waals surface area (Å²) in [5.41, 5.74) is 5.19. The number of hydrogen-bond acceptors (Lipinski definition) is 1. The topological polar surface area (TPSA) is 0 Å². The van der Waals surface area contributed by atoms with Gasteiger partial charge in [0, 0.05) is 29.3 Å². The Balaban J connectivity index is 1.79. The van der Waals surface area contributed by atoms with E-state index in [-0.39, 0.29) is 0 Å². The summed E-state index contributed by atoms with van der Waals surface area (Å²) in [6.45, 7) is 0. The van der Waals surface area contributed by atoms with Crippen molar-refractivity contribution in [2.24, 2.45) is 0 Å². The van der Waals surface area contributed by atoms with E-state index < -0.39 is 0 Å². The molecule has 0 aliphatic rings. The molecule has 0 saturated carbocycles. The average molecular weight is 462 g/mol. The van der Waals surface area contributed by atoms with Crippen molar-refractivity contribution in [2.45, 2.75) is 0 Å². The van der Waals surface area contributed by atoms with Gasteiger partial charge in [-0.25, -0.2) is 0 Å². The molecule has 5 aromatic rings. The molecule has 0 spiro atoms. The van der Waals surface area contributed by atoms with Gasteiger partial charge in [-0.3, -0.25) is 0 Å². The predicted molar refractivity (Wildman–Crippen MR) is 123 cm³/mol. The maximum absolute atomic E-state index is 2.50. The summed E-state index contributed by atoms with van der Waals surface area (Å²) in [6, 6.07) is 32.6. The van der Waals surface area contributed by atoms with Gasteiger partial charge in [-0.1, -0.05) is 84.9 Å². The first kappa shape index (κ1) is 16.0. The van der Waals surface area contributed by atoms with Crippen molar-refractivity contribution in [1.29, 1.82) is 0 Å². The number of thiophene rings is 1. The maximum Gasteiger partial charge on any atom is 0.0434 e. The predicted octanol–water partition coefficient (Wildman–Crippen LogP) is 7.99. The number of rotatable bonds is 2. The van der Waals surface area contributed by atoms with E-state index in [2.05, 4.69) is 114 Å². The fourth-order valence-corrected chi connectivity index (χ4v) is 5.73. The van der Waals surface area contributed by atoms with Gasteiger partial charge < -0.3 is 0 Å². The van der Waals surface area contributed by atoms with Crippen LogP contribution >= 0.6 is 33.9 Å².